The average Bonchev–Trinajstić information content (AvgIpc) is 2.73. The van der Waals surface area contributed by atoms with Gasteiger partial charge in [0, 0.05) is 26.6 Å². The normalized spacial score (nSPS) is 17.6. The molecule has 0 aliphatic carbocycles. The lowest BCUT2D eigenvalue weighted by atomic mass is 10.1. The first-order valence-corrected chi connectivity index (χ1v) is 11.8. The number of hydrazone groups is 1. The fraction of sp³-hybridized carbons (Fsp3) is 0.318. The molecule has 1 N–H and O–H groups in total. The lowest BCUT2D eigenvalue weighted by molar-refractivity contribution is -0.116. The number of halogens is 2. The van der Waals surface area contributed by atoms with Gasteiger partial charge in [-0.3, -0.25) is 15.1 Å². The van der Waals surface area contributed by atoms with E-state index in [4.69, 9.17) is 33.3 Å². The third kappa shape index (κ3) is 4.22. The number of benzene rings is 2. The quantitative estimate of drug-likeness (QED) is 0.647. The van der Waals surface area contributed by atoms with Crippen LogP contribution >= 0.6 is 35.0 Å². The van der Waals surface area contributed by atoms with Gasteiger partial charge < -0.3 is 0 Å². The molecule has 0 aromatic heterocycles. The highest BCUT2D eigenvalue weighted by atomic mass is 35.5. The van der Waals surface area contributed by atoms with Crippen LogP contribution in [-0.2, 0) is 4.79 Å². The predicted octanol–water partition coefficient (Wildman–Crippen LogP) is 4.45. The van der Waals surface area contributed by atoms with Gasteiger partial charge >= 0.3 is 0 Å². The van der Waals surface area contributed by atoms with Crippen LogP contribution in [-0.4, -0.2) is 21.8 Å². The molecule has 2 aliphatic heterocycles. The molecule has 2 aromatic carbocycles. The van der Waals surface area contributed by atoms with E-state index < -0.39 is 6.17 Å². The van der Waals surface area contributed by atoms with Crippen LogP contribution in [0.15, 0.2) is 52.6 Å². The molecule has 0 radical (unpaired) electrons. The highest BCUT2D eigenvalue weighted by Crippen LogP contribution is 2.38. The Hall–Kier alpha value is -2.02. The molecule has 5 nitrogen and oxygen atoms in total. The second-order valence-electron chi connectivity index (χ2n) is 7.12. The van der Waals surface area contributed by atoms with E-state index >= 15 is 0 Å². The Morgan fingerprint density at radius 2 is 1.83 bits per heavy atom. The van der Waals surface area contributed by atoms with Crippen molar-refractivity contribution < 1.29 is 4.79 Å². The number of nitrogens with zero attached hydrogens (tertiary/aromatic N) is 3. The van der Waals surface area contributed by atoms with E-state index in [2.05, 4.69) is 12.2 Å². The van der Waals surface area contributed by atoms with Gasteiger partial charge in [0.25, 0.3) is 5.91 Å². The van der Waals surface area contributed by atoms with Crippen LogP contribution in [0.25, 0.3) is 5.70 Å². The molecule has 8 heteroatoms. The summed E-state index contributed by atoms with van der Waals surface area (Å²) in [5, 5.41) is 12.3. The van der Waals surface area contributed by atoms with Crippen molar-refractivity contribution in [2.24, 2.45) is 10.1 Å². The van der Waals surface area contributed by atoms with Crippen molar-refractivity contribution in [3.63, 3.8) is 0 Å². The number of carbonyl (C=O) groups is 1. The molecule has 1 atom stereocenters. The summed E-state index contributed by atoms with van der Waals surface area (Å²) < 4.78 is 0. The molecule has 4 rings (SSSR count). The van der Waals surface area contributed by atoms with Crippen LogP contribution in [0.3, 0.4) is 0 Å². The Balaban J connectivity index is 1.76. The number of nitrogens with one attached hydrogen (secondary N) is 1. The number of amides is 1. The van der Waals surface area contributed by atoms with Gasteiger partial charge in [-0.1, -0.05) is 85.4 Å². The van der Waals surface area contributed by atoms with Crippen molar-refractivity contribution in [3.05, 3.63) is 68.6 Å². The van der Waals surface area contributed by atoms with E-state index in [-0.39, 0.29) is 5.91 Å². The van der Waals surface area contributed by atoms with E-state index in [1.807, 2.05) is 24.3 Å². The van der Waals surface area contributed by atoms with Gasteiger partial charge in [-0.15, -0.1) is 5.10 Å². The zero-order valence-electron chi connectivity index (χ0n) is 16.6. The summed E-state index contributed by atoms with van der Waals surface area (Å²) in [6.07, 6.45) is 4.04. The van der Waals surface area contributed by atoms with Crippen LogP contribution in [0.5, 0.6) is 0 Å². The summed E-state index contributed by atoms with van der Waals surface area (Å²) in [7, 11) is 0. The fourth-order valence-corrected chi connectivity index (χ4v) is 4.98. The number of thioether (sulfide) groups is 1. The molecule has 2 aromatic rings. The molecule has 0 bridgehead atoms. The zero-order chi connectivity index (χ0) is 21.1. The molecule has 1 amide bonds. The van der Waals surface area contributed by atoms with Crippen LogP contribution < -0.4 is 15.9 Å². The molecule has 0 fully saturated rings. The van der Waals surface area contributed by atoms with Crippen LogP contribution in [0.4, 0.5) is 0 Å². The Bertz CT molecular complexity index is 1100. The highest BCUT2D eigenvalue weighted by molar-refractivity contribution is 8.13. The molecular formula is C22H22Cl2N4OS. The summed E-state index contributed by atoms with van der Waals surface area (Å²) in [4.78, 5) is 17.9. The second-order valence-corrected chi connectivity index (χ2v) is 9.01. The SMILES string of the molecule is CCCCCCSC1=NN2C(=c3ccccc3=NC2c2c(Cl)cccc2Cl)C(=O)N1. The minimum Gasteiger partial charge on any atom is -0.298 e. The molecule has 1 unspecified atom stereocenters. The van der Waals surface area contributed by atoms with E-state index in [9.17, 15) is 4.79 Å². The van der Waals surface area contributed by atoms with Crippen molar-refractivity contribution in [3.8, 4) is 0 Å². The summed E-state index contributed by atoms with van der Waals surface area (Å²) >= 11 is 14.5. The smallest absolute Gasteiger partial charge is 0.276 e. The number of amidine groups is 1. The minimum absolute atomic E-state index is 0.198. The van der Waals surface area contributed by atoms with Crippen molar-refractivity contribution in [2.45, 2.75) is 38.8 Å². The van der Waals surface area contributed by atoms with Crippen molar-refractivity contribution in [1.82, 2.24) is 10.3 Å². The molecule has 2 aliphatic rings. The van der Waals surface area contributed by atoms with E-state index in [1.54, 1.807) is 35.0 Å². The van der Waals surface area contributed by atoms with Crippen molar-refractivity contribution >= 4 is 51.7 Å². The van der Waals surface area contributed by atoms with Crippen molar-refractivity contribution in [1.29, 1.82) is 0 Å². The summed E-state index contributed by atoms with van der Waals surface area (Å²) in [5.74, 6) is 0.699. The lowest BCUT2D eigenvalue weighted by Gasteiger charge is -2.34. The summed E-state index contributed by atoms with van der Waals surface area (Å²) in [6.45, 7) is 2.19. The number of fused-ring (bicyclic) bond motifs is 2. The van der Waals surface area contributed by atoms with Gasteiger partial charge in [-0.05, 0) is 24.6 Å². The van der Waals surface area contributed by atoms with E-state index in [0.717, 1.165) is 17.4 Å². The molecular weight excluding hydrogens is 439 g/mol. The predicted molar refractivity (Wildman–Crippen MR) is 124 cm³/mol. The minimum atomic E-state index is -0.613. The molecule has 0 saturated heterocycles. The molecule has 0 saturated carbocycles. The number of hydrogen-bond acceptors (Lipinski definition) is 5. The van der Waals surface area contributed by atoms with E-state index in [0.29, 0.717) is 31.8 Å². The average molecular weight is 461 g/mol. The molecule has 156 valence electrons. The first kappa shape index (κ1) is 21.2. The third-order valence-corrected chi connectivity index (χ3v) is 6.62. The third-order valence-electron chi connectivity index (χ3n) is 5.01. The van der Waals surface area contributed by atoms with Gasteiger partial charge in [-0.2, -0.15) is 0 Å². The Morgan fingerprint density at radius 1 is 1.07 bits per heavy atom. The maximum Gasteiger partial charge on any atom is 0.276 e. The van der Waals surface area contributed by atoms with Crippen molar-refractivity contribution in [2.75, 3.05) is 5.75 Å². The first-order valence-electron chi connectivity index (χ1n) is 10.0. The Morgan fingerprint density at radius 3 is 2.60 bits per heavy atom. The summed E-state index contributed by atoms with van der Waals surface area (Å²) in [5.41, 5.74) is 1.09. The van der Waals surface area contributed by atoms with Crippen LogP contribution in [0, 0.1) is 0 Å². The maximum absolute atomic E-state index is 13.1. The number of para-hydroxylation sites is 1. The highest BCUT2D eigenvalue weighted by Gasteiger charge is 2.36. The second kappa shape index (κ2) is 9.41. The molecule has 0 spiro atoms. The maximum atomic E-state index is 13.1. The Labute approximate surface area is 189 Å². The number of unbranched alkanes of at least 4 members (excludes halogenated alkanes) is 3. The molecule has 2 heterocycles. The monoisotopic (exact) mass is 460 g/mol. The number of hydrogen-bond donors (Lipinski definition) is 1. The number of carbonyl (C=O) groups excluding carboxylic acids is 1. The fourth-order valence-electron chi connectivity index (χ4n) is 3.54. The topological polar surface area (TPSA) is 57.1 Å². The molecule has 30 heavy (non-hydrogen) atoms. The zero-order valence-corrected chi connectivity index (χ0v) is 18.9. The van der Waals surface area contributed by atoms with Crippen LogP contribution in [0.1, 0.15) is 44.3 Å². The van der Waals surface area contributed by atoms with E-state index in [1.165, 1.54) is 19.3 Å². The number of rotatable bonds is 6. The standard InChI is InChI=1S/C22H22Cl2N4OS/c1-2-3-4-7-13-30-22-26-21(29)19-14-9-5-6-12-17(14)25-20(28(19)27-22)18-15(23)10-8-11-16(18)24/h5-6,8-12,20H,2-4,7,13H2,1H3,(H,26,27,29). The van der Waals surface area contributed by atoms with Crippen LogP contribution in [0.2, 0.25) is 10.0 Å². The lowest BCUT2D eigenvalue weighted by Crippen LogP contribution is -2.50. The first-order chi connectivity index (χ1) is 14.6. The summed E-state index contributed by atoms with van der Waals surface area (Å²) in [6, 6.07) is 12.9. The Kier molecular flexibility index (Phi) is 6.66. The van der Waals surface area contributed by atoms with Gasteiger partial charge in [0.15, 0.2) is 11.3 Å². The van der Waals surface area contributed by atoms with Gasteiger partial charge in [0.2, 0.25) is 0 Å². The van der Waals surface area contributed by atoms with Gasteiger partial charge in [-0.25, -0.2) is 5.01 Å². The van der Waals surface area contributed by atoms with Gasteiger partial charge in [0.1, 0.15) is 5.70 Å². The largest absolute Gasteiger partial charge is 0.298 e. The van der Waals surface area contributed by atoms with Gasteiger partial charge in [0.05, 0.1) is 5.36 Å².